The van der Waals surface area contributed by atoms with Gasteiger partial charge in [0.1, 0.15) is 17.6 Å². The Labute approximate surface area is 213 Å². The summed E-state index contributed by atoms with van der Waals surface area (Å²) in [5.74, 6) is -0.579. The van der Waals surface area contributed by atoms with Crippen molar-refractivity contribution in [2.24, 2.45) is 5.92 Å². The molecule has 0 bridgehead atoms. The van der Waals surface area contributed by atoms with Gasteiger partial charge in [0.05, 0.1) is 41.5 Å². The number of carbonyl (C=O) groups is 1. The highest BCUT2D eigenvalue weighted by molar-refractivity contribution is 5.83. The standard InChI is InChI=1S/C27H29FN6O3/c1-2-37-27(36)26(17-7-10-29-11-8-17)23-5-3-18-15-30-25(14-24(18)31-23)32-22-6-4-20(13-21(22)28)34-12-9-19(16-35)33-34/h3-6,9,12-15,17,26,29,35H,2,7-8,10-11,16H2,1H3,(H,30,32). The molecule has 1 saturated heterocycles. The number of halogens is 1. The first-order valence-corrected chi connectivity index (χ1v) is 12.4. The lowest BCUT2D eigenvalue weighted by Gasteiger charge is -2.29. The zero-order valence-electron chi connectivity index (χ0n) is 20.5. The lowest BCUT2D eigenvalue weighted by molar-refractivity contribution is -0.146. The molecule has 4 aromatic rings. The normalized spacial score (nSPS) is 15.0. The van der Waals surface area contributed by atoms with Crippen molar-refractivity contribution in [2.45, 2.75) is 32.3 Å². The highest BCUT2D eigenvalue weighted by Crippen LogP contribution is 2.33. The summed E-state index contributed by atoms with van der Waals surface area (Å²) in [6, 6.07) is 11.9. The van der Waals surface area contributed by atoms with Crippen LogP contribution >= 0.6 is 0 Å². The fourth-order valence-electron chi connectivity index (χ4n) is 4.71. The topological polar surface area (TPSA) is 114 Å². The van der Waals surface area contributed by atoms with Crippen LogP contribution in [0.2, 0.25) is 0 Å². The molecule has 0 aliphatic carbocycles. The van der Waals surface area contributed by atoms with E-state index in [0.717, 1.165) is 31.3 Å². The highest BCUT2D eigenvalue weighted by atomic mass is 19.1. The maximum atomic E-state index is 14.9. The second-order valence-corrected chi connectivity index (χ2v) is 9.01. The molecule has 0 saturated carbocycles. The van der Waals surface area contributed by atoms with Crippen LogP contribution in [-0.4, -0.2) is 50.5 Å². The molecular weight excluding hydrogens is 475 g/mol. The molecule has 5 rings (SSSR count). The van der Waals surface area contributed by atoms with Gasteiger partial charge in [-0.3, -0.25) is 9.78 Å². The Hall–Kier alpha value is -3.89. The molecule has 1 aliphatic rings. The molecule has 1 atom stereocenters. The third-order valence-electron chi connectivity index (χ3n) is 6.60. The summed E-state index contributed by atoms with van der Waals surface area (Å²) in [5, 5.41) is 20.6. The van der Waals surface area contributed by atoms with E-state index in [9.17, 15) is 14.3 Å². The van der Waals surface area contributed by atoms with Crippen LogP contribution in [0.3, 0.4) is 0 Å². The molecule has 192 valence electrons. The van der Waals surface area contributed by atoms with Crippen molar-refractivity contribution in [3.8, 4) is 5.69 Å². The summed E-state index contributed by atoms with van der Waals surface area (Å²) in [7, 11) is 0. The predicted molar refractivity (Wildman–Crippen MR) is 137 cm³/mol. The van der Waals surface area contributed by atoms with Crippen molar-refractivity contribution in [1.29, 1.82) is 0 Å². The average Bonchev–Trinajstić information content (AvgIpc) is 3.40. The summed E-state index contributed by atoms with van der Waals surface area (Å²) in [6.45, 7) is 3.66. The zero-order valence-corrected chi connectivity index (χ0v) is 20.5. The number of carbonyl (C=O) groups excluding carboxylic acids is 1. The third-order valence-corrected chi connectivity index (χ3v) is 6.60. The van der Waals surface area contributed by atoms with Crippen molar-refractivity contribution < 1.29 is 19.0 Å². The van der Waals surface area contributed by atoms with Crippen LogP contribution in [0.25, 0.3) is 16.6 Å². The van der Waals surface area contributed by atoms with Gasteiger partial charge in [0.25, 0.3) is 0 Å². The quantitative estimate of drug-likeness (QED) is 0.310. The van der Waals surface area contributed by atoms with E-state index in [4.69, 9.17) is 9.72 Å². The van der Waals surface area contributed by atoms with Crippen molar-refractivity contribution in [3.05, 3.63) is 72.1 Å². The Morgan fingerprint density at radius 2 is 2.08 bits per heavy atom. The molecule has 1 fully saturated rings. The Kier molecular flexibility index (Phi) is 7.38. The number of nitrogens with one attached hydrogen (secondary N) is 2. The lowest BCUT2D eigenvalue weighted by atomic mass is 9.82. The molecule has 0 radical (unpaired) electrons. The van der Waals surface area contributed by atoms with Crippen LogP contribution < -0.4 is 10.6 Å². The number of esters is 1. The number of anilines is 2. The lowest BCUT2D eigenvalue weighted by Crippen LogP contribution is -2.34. The number of fused-ring (bicyclic) bond motifs is 1. The van der Waals surface area contributed by atoms with E-state index < -0.39 is 11.7 Å². The summed E-state index contributed by atoms with van der Waals surface area (Å²) in [5.41, 5.74) is 2.61. The van der Waals surface area contributed by atoms with Gasteiger partial charge in [0.15, 0.2) is 0 Å². The SMILES string of the molecule is CCOC(=O)C(c1ccc2cnc(Nc3ccc(-n4ccc(CO)n4)cc3F)cc2n1)C1CCNCC1. The molecule has 1 unspecified atom stereocenters. The van der Waals surface area contributed by atoms with Crippen molar-refractivity contribution >= 4 is 28.4 Å². The first-order valence-electron chi connectivity index (χ1n) is 12.4. The molecule has 1 aliphatic heterocycles. The molecule has 0 amide bonds. The number of ether oxygens (including phenoxy) is 1. The minimum absolute atomic E-state index is 0.153. The van der Waals surface area contributed by atoms with Crippen LogP contribution in [0.15, 0.2) is 54.9 Å². The minimum atomic E-state index is -0.476. The Morgan fingerprint density at radius 1 is 1.24 bits per heavy atom. The number of piperidine rings is 1. The smallest absolute Gasteiger partial charge is 0.315 e. The van der Waals surface area contributed by atoms with Crippen LogP contribution in [0.4, 0.5) is 15.9 Å². The van der Waals surface area contributed by atoms with Gasteiger partial charge in [-0.05, 0) is 69.1 Å². The highest BCUT2D eigenvalue weighted by Gasteiger charge is 2.33. The van der Waals surface area contributed by atoms with Gasteiger partial charge in [-0.25, -0.2) is 14.1 Å². The number of hydrogen-bond donors (Lipinski definition) is 3. The van der Waals surface area contributed by atoms with Crippen molar-refractivity contribution in [1.82, 2.24) is 25.1 Å². The van der Waals surface area contributed by atoms with E-state index in [1.165, 1.54) is 10.7 Å². The van der Waals surface area contributed by atoms with Gasteiger partial charge in [-0.15, -0.1) is 0 Å². The Morgan fingerprint density at radius 3 is 2.81 bits per heavy atom. The molecule has 3 aromatic heterocycles. The monoisotopic (exact) mass is 504 g/mol. The zero-order chi connectivity index (χ0) is 25.8. The molecule has 1 aromatic carbocycles. The third kappa shape index (κ3) is 5.45. The van der Waals surface area contributed by atoms with E-state index in [0.29, 0.717) is 35.0 Å². The maximum Gasteiger partial charge on any atom is 0.315 e. The second-order valence-electron chi connectivity index (χ2n) is 9.01. The fourth-order valence-corrected chi connectivity index (χ4v) is 4.71. The number of benzene rings is 1. The Bertz CT molecular complexity index is 1400. The van der Waals surface area contributed by atoms with Gasteiger partial charge in [0, 0.05) is 29.9 Å². The van der Waals surface area contributed by atoms with Crippen molar-refractivity contribution in [2.75, 3.05) is 25.0 Å². The number of aromatic nitrogens is 4. The molecule has 4 heterocycles. The summed E-state index contributed by atoms with van der Waals surface area (Å²) >= 11 is 0. The maximum absolute atomic E-state index is 14.9. The van der Waals surface area contributed by atoms with Crippen molar-refractivity contribution in [3.63, 3.8) is 0 Å². The summed E-state index contributed by atoms with van der Waals surface area (Å²) in [4.78, 5) is 22.1. The molecule has 9 nitrogen and oxygen atoms in total. The van der Waals surface area contributed by atoms with Gasteiger partial charge in [-0.1, -0.05) is 0 Å². The van der Waals surface area contributed by atoms with Gasteiger partial charge < -0.3 is 20.5 Å². The van der Waals surface area contributed by atoms with E-state index >= 15 is 0 Å². The number of aliphatic hydroxyl groups is 1. The fraction of sp³-hybridized carbons (Fsp3) is 0.333. The largest absolute Gasteiger partial charge is 0.465 e. The average molecular weight is 505 g/mol. The van der Waals surface area contributed by atoms with Gasteiger partial charge >= 0.3 is 5.97 Å². The van der Waals surface area contributed by atoms with Crippen LogP contribution in [0, 0.1) is 11.7 Å². The number of rotatable bonds is 8. The molecule has 10 heteroatoms. The molecular formula is C27H29FN6O3. The predicted octanol–water partition coefficient (Wildman–Crippen LogP) is 3.84. The second kappa shape index (κ2) is 11.0. The number of aliphatic hydroxyl groups excluding tert-OH is 1. The first-order chi connectivity index (χ1) is 18.1. The number of nitrogens with zero attached hydrogens (tertiary/aromatic N) is 4. The Balaban J connectivity index is 1.41. The number of hydrogen-bond acceptors (Lipinski definition) is 8. The van der Waals surface area contributed by atoms with E-state index in [-0.39, 0.29) is 24.2 Å². The summed E-state index contributed by atoms with van der Waals surface area (Å²) in [6.07, 6.45) is 5.09. The summed E-state index contributed by atoms with van der Waals surface area (Å²) < 4.78 is 21.8. The van der Waals surface area contributed by atoms with Crippen LogP contribution in [0.5, 0.6) is 0 Å². The molecule has 0 spiro atoms. The molecule has 3 N–H and O–H groups in total. The molecule has 37 heavy (non-hydrogen) atoms. The first kappa shape index (κ1) is 24.8. The van der Waals surface area contributed by atoms with E-state index in [2.05, 4.69) is 20.7 Å². The van der Waals surface area contributed by atoms with E-state index in [1.54, 1.807) is 36.7 Å². The van der Waals surface area contributed by atoms with Crippen LogP contribution in [-0.2, 0) is 16.1 Å². The number of pyridine rings is 2. The van der Waals surface area contributed by atoms with Gasteiger partial charge in [-0.2, -0.15) is 5.10 Å². The van der Waals surface area contributed by atoms with Gasteiger partial charge in [0.2, 0.25) is 0 Å². The minimum Gasteiger partial charge on any atom is -0.465 e. The van der Waals surface area contributed by atoms with Crippen LogP contribution in [0.1, 0.15) is 37.1 Å². The van der Waals surface area contributed by atoms with E-state index in [1.807, 2.05) is 19.1 Å².